The van der Waals surface area contributed by atoms with Crippen LogP contribution in [0.15, 0.2) is 42.5 Å². The predicted molar refractivity (Wildman–Crippen MR) is 125 cm³/mol. The first kappa shape index (κ1) is 24.4. The van der Waals surface area contributed by atoms with E-state index in [0.717, 1.165) is 28.7 Å². The summed E-state index contributed by atoms with van der Waals surface area (Å²) in [6.07, 6.45) is 1.37. The fourth-order valence-electron chi connectivity index (χ4n) is 3.51. The number of benzene rings is 2. The highest BCUT2D eigenvalue weighted by molar-refractivity contribution is 5.88. The smallest absolute Gasteiger partial charge is 0.261 e. The Morgan fingerprint density at radius 1 is 1.03 bits per heavy atom. The molecule has 2 aromatic rings. The van der Waals surface area contributed by atoms with Crippen molar-refractivity contribution in [1.29, 1.82) is 0 Å². The third-order valence-electron chi connectivity index (χ3n) is 5.70. The second kappa shape index (κ2) is 11.5. The van der Waals surface area contributed by atoms with Crippen LogP contribution in [0.5, 0.6) is 5.75 Å². The fourth-order valence-corrected chi connectivity index (χ4v) is 3.51. The molecule has 2 atom stereocenters. The van der Waals surface area contributed by atoms with Crippen LogP contribution < -0.4 is 10.1 Å². The standard InChI is InChI=1S/C26H36N2O3/c1-7-20(5)27-26(30)23(8-2)28(16-22-12-10-9-11-13-22)25(29)17-31-24-15-18(3)14-19(4)21(24)6/h9-15,20,23H,7-8,16-17H2,1-6H3,(H,27,30). The van der Waals surface area contributed by atoms with Crippen LogP contribution in [0.1, 0.15) is 55.9 Å². The highest BCUT2D eigenvalue weighted by Crippen LogP contribution is 2.23. The van der Waals surface area contributed by atoms with E-state index in [1.165, 1.54) is 0 Å². The number of amides is 2. The van der Waals surface area contributed by atoms with Crippen LogP contribution in [0.4, 0.5) is 0 Å². The van der Waals surface area contributed by atoms with Crippen LogP contribution in [0, 0.1) is 20.8 Å². The van der Waals surface area contributed by atoms with Crippen LogP contribution in [-0.2, 0) is 16.1 Å². The number of hydrogen-bond acceptors (Lipinski definition) is 3. The predicted octanol–water partition coefficient (Wildman–Crippen LogP) is 4.71. The molecule has 168 valence electrons. The Hall–Kier alpha value is -2.82. The van der Waals surface area contributed by atoms with Crippen molar-refractivity contribution < 1.29 is 14.3 Å². The van der Waals surface area contributed by atoms with Gasteiger partial charge in [-0.2, -0.15) is 0 Å². The molecule has 1 N–H and O–H groups in total. The molecule has 0 saturated heterocycles. The van der Waals surface area contributed by atoms with Gasteiger partial charge >= 0.3 is 0 Å². The van der Waals surface area contributed by atoms with E-state index >= 15 is 0 Å². The van der Waals surface area contributed by atoms with E-state index in [4.69, 9.17) is 4.74 Å². The quantitative estimate of drug-likeness (QED) is 0.601. The van der Waals surface area contributed by atoms with E-state index in [2.05, 4.69) is 11.4 Å². The van der Waals surface area contributed by atoms with Crippen molar-refractivity contribution in [3.05, 3.63) is 64.7 Å². The molecule has 0 bridgehead atoms. The number of ether oxygens (including phenoxy) is 1. The monoisotopic (exact) mass is 424 g/mol. The average molecular weight is 425 g/mol. The van der Waals surface area contributed by atoms with Crippen molar-refractivity contribution in [2.75, 3.05) is 6.61 Å². The largest absolute Gasteiger partial charge is 0.483 e. The van der Waals surface area contributed by atoms with Crippen molar-refractivity contribution in [1.82, 2.24) is 10.2 Å². The Labute approximate surface area is 186 Å². The number of nitrogens with one attached hydrogen (secondary N) is 1. The number of aryl methyl sites for hydroxylation is 2. The number of hydrogen-bond donors (Lipinski definition) is 1. The third-order valence-corrected chi connectivity index (χ3v) is 5.70. The van der Waals surface area contributed by atoms with E-state index in [0.29, 0.717) is 18.7 Å². The minimum atomic E-state index is -0.550. The molecule has 31 heavy (non-hydrogen) atoms. The molecule has 2 amide bonds. The van der Waals surface area contributed by atoms with Crippen molar-refractivity contribution >= 4 is 11.8 Å². The van der Waals surface area contributed by atoms with Gasteiger partial charge in [0.25, 0.3) is 5.91 Å². The topological polar surface area (TPSA) is 58.6 Å². The Balaban J connectivity index is 2.24. The van der Waals surface area contributed by atoms with Gasteiger partial charge in [-0.15, -0.1) is 0 Å². The highest BCUT2D eigenvalue weighted by atomic mass is 16.5. The molecular formula is C26H36N2O3. The molecule has 0 heterocycles. The molecule has 0 fully saturated rings. The molecule has 2 unspecified atom stereocenters. The lowest BCUT2D eigenvalue weighted by Crippen LogP contribution is -2.51. The van der Waals surface area contributed by atoms with Gasteiger partial charge < -0.3 is 15.0 Å². The van der Waals surface area contributed by atoms with Gasteiger partial charge in [0.15, 0.2) is 6.61 Å². The zero-order valence-electron chi connectivity index (χ0n) is 19.7. The number of rotatable bonds is 10. The number of carbonyl (C=O) groups excluding carboxylic acids is 2. The Morgan fingerprint density at radius 2 is 1.71 bits per heavy atom. The molecule has 0 aliphatic carbocycles. The van der Waals surface area contributed by atoms with Gasteiger partial charge in [-0.3, -0.25) is 9.59 Å². The fraction of sp³-hybridized carbons (Fsp3) is 0.462. The minimum Gasteiger partial charge on any atom is -0.483 e. The first-order valence-electron chi connectivity index (χ1n) is 11.1. The van der Waals surface area contributed by atoms with Crippen molar-refractivity contribution in [3.63, 3.8) is 0 Å². The van der Waals surface area contributed by atoms with Crippen molar-refractivity contribution in [2.24, 2.45) is 0 Å². The zero-order valence-corrected chi connectivity index (χ0v) is 19.7. The van der Waals surface area contributed by atoms with Crippen LogP contribution in [-0.4, -0.2) is 35.4 Å². The minimum absolute atomic E-state index is 0.0596. The summed E-state index contributed by atoms with van der Waals surface area (Å²) in [4.78, 5) is 27.9. The molecule has 0 spiro atoms. The van der Waals surface area contributed by atoms with Gasteiger partial charge in [0.05, 0.1) is 0 Å². The molecule has 5 nitrogen and oxygen atoms in total. The summed E-state index contributed by atoms with van der Waals surface area (Å²) in [5.41, 5.74) is 4.22. The Bertz CT molecular complexity index is 880. The zero-order chi connectivity index (χ0) is 23.0. The maximum absolute atomic E-state index is 13.3. The van der Waals surface area contributed by atoms with E-state index in [1.807, 2.05) is 77.9 Å². The average Bonchev–Trinajstić information content (AvgIpc) is 2.75. The van der Waals surface area contributed by atoms with Crippen LogP contribution in [0.2, 0.25) is 0 Å². The summed E-state index contributed by atoms with van der Waals surface area (Å²) in [6.45, 7) is 12.2. The summed E-state index contributed by atoms with van der Waals surface area (Å²) in [5.74, 6) is 0.389. The normalized spacial score (nSPS) is 12.7. The Morgan fingerprint density at radius 3 is 2.32 bits per heavy atom. The van der Waals surface area contributed by atoms with Crippen LogP contribution >= 0.6 is 0 Å². The maximum atomic E-state index is 13.3. The molecule has 0 aromatic heterocycles. The summed E-state index contributed by atoms with van der Waals surface area (Å²) < 4.78 is 5.93. The lowest BCUT2D eigenvalue weighted by molar-refractivity contribution is -0.143. The summed E-state index contributed by atoms with van der Waals surface area (Å²) >= 11 is 0. The van der Waals surface area contributed by atoms with Crippen LogP contribution in [0.3, 0.4) is 0 Å². The number of carbonyl (C=O) groups is 2. The van der Waals surface area contributed by atoms with Gasteiger partial charge in [-0.05, 0) is 68.9 Å². The number of nitrogens with zero attached hydrogens (tertiary/aromatic N) is 1. The van der Waals surface area contributed by atoms with Crippen molar-refractivity contribution in [2.45, 2.75) is 73.0 Å². The van der Waals surface area contributed by atoms with Gasteiger partial charge in [-0.25, -0.2) is 0 Å². The first-order valence-corrected chi connectivity index (χ1v) is 11.1. The Kier molecular flexibility index (Phi) is 9.10. The molecule has 2 aromatic carbocycles. The molecular weight excluding hydrogens is 388 g/mol. The molecule has 0 aliphatic heterocycles. The van der Waals surface area contributed by atoms with E-state index in [9.17, 15) is 9.59 Å². The second-order valence-corrected chi connectivity index (χ2v) is 8.24. The lowest BCUT2D eigenvalue weighted by atomic mass is 10.1. The summed E-state index contributed by atoms with van der Waals surface area (Å²) in [7, 11) is 0. The van der Waals surface area contributed by atoms with Crippen LogP contribution in [0.25, 0.3) is 0 Å². The second-order valence-electron chi connectivity index (χ2n) is 8.24. The molecule has 0 saturated carbocycles. The van der Waals surface area contributed by atoms with Gasteiger partial charge in [0, 0.05) is 12.6 Å². The van der Waals surface area contributed by atoms with E-state index in [1.54, 1.807) is 4.90 Å². The summed E-state index contributed by atoms with van der Waals surface area (Å²) in [5, 5.41) is 3.03. The lowest BCUT2D eigenvalue weighted by Gasteiger charge is -2.31. The highest BCUT2D eigenvalue weighted by Gasteiger charge is 2.29. The van der Waals surface area contributed by atoms with Crippen molar-refractivity contribution in [3.8, 4) is 5.75 Å². The molecule has 2 rings (SSSR count). The maximum Gasteiger partial charge on any atom is 0.261 e. The van der Waals surface area contributed by atoms with Gasteiger partial charge in [-0.1, -0.05) is 50.2 Å². The molecule has 5 heteroatoms. The van der Waals surface area contributed by atoms with Gasteiger partial charge in [0.1, 0.15) is 11.8 Å². The summed E-state index contributed by atoms with van der Waals surface area (Å²) in [6, 6.07) is 13.3. The van der Waals surface area contributed by atoms with E-state index in [-0.39, 0.29) is 24.5 Å². The first-order chi connectivity index (χ1) is 14.8. The third kappa shape index (κ3) is 6.84. The molecule has 0 aliphatic rings. The van der Waals surface area contributed by atoms with E-state index < -0.39 is 6.04 Å². The van der Waals surface area contributed by atoms with Gasteiger partial charge in [0.2, 0.25) is 5.91 Å². The molecule has 0 radical (unpaired) electrons. The SMILES string of the molecule is CCC(C)NC(=O)C(CC)N(Cc1ccccc1)C(=O)COc1cc(C)cc(C)c1C.